The second-order valence-corrected chi connectivity index (χ2v) is 5.04. The summed E-state index contributed by atoms with van der Waals surface area (Å²) in [6, 6.07) is 9.08. The van der Waals surface area contributed by atoms with Crippen molar-refractivity contribution in [2.75, 3.05) is 20.1 Å². The summed E-state index contributed by atoms with van der Waals surface area (Å²) in [4.78, 5) is 2.39. The summed E-state index contributed by atoms with van der Waals surface area (Å²) in [7, 11) is 2.18. The number of rotatable bonds is 5. The highest BCUT2D eigenvalue weighted by Gasteiger charge is 2.21. The third kappa shape index (κ3) is 4.16. The van der Waals surface area contributed by atoms with E-state index in [1.165, 1.54) is 5.56 Å². The molecule has 1 heterocycles. The number of nitrogens with one attached hydrogen (secondary N) is 1. The molecule has 4 heteroatoms. The summed E-state index contributed by atoms with van der Waals surface area (Å²) in [5.74, 6) is 0.970. The minimum Gasteiger partial charge on any atom is -0.491 e. The largest absolute Gasteiger partial charge is 0.491 e. The summed E-state index contributed by atoms with van der Waals surface area (Å²) in [5.41, 5.74) is 1.32. The van der Waals surface area contributed by atoms with Gasteiger partial charge >= 0.3 is 0 Å². The summed E-state index contributed by atoms with van der Waals surface area (Å²) in [5, 5.41) is 3.30. The van der Waals surface area contributed by atoms with E-state index in [2.05, 4.69) is 49.3 Å². The molecule has 0 spiro atoms. The minimum atomic E-state index is 0. The number of benzene rings is 1. The predicted octanol–water partition coefficient (Wildman–Crippen LogP) is 2.30. The maximum Gasteiger partial charge on any atom is 0.120 e. The molecule has 0 saturated carbocycles. The first-order chi connectivity index (χ1) is 8.15. The molecule has 3 nitrogen and oxygen atoms in total. The molecule has 0 atom stereocenters. The highest BCUT2D eigenvalue weighted by Crippen LogP contribution is 2.17. The molecule has 0 aromatic heterocycles. The monoisotopic (exact) mass is 270 g/mol. The molecule has 0 unspecified atom stereocenters. The Bertz CT molecular complexity index is 367. The zero-order valence-electron chi connectivity index (χ0n) is 11.3. The van der Waals surface area contributed by atoms with Crippen LogP contribution in [0.2, 0.25) is 0 Å². The topological polar surface area (TPSA) is 24.5 Å². The standard InChI is InChI=1S/C14H22N2O.ClH/c1-11(2)17-14-6-4-5-12(7-14)10-16(3)13-8-15-9-13;/h4-7,11,13,15H,8-10H2,1-3H3;1H. The van der Waals surface area contributed by atoms with E-state index in [9.17, 15) is 0 Å². The zero-order chi connectivity index (χ0) is 12.3. The summed E-state index contributed by atoms with van der Waals surface area (Å²) in [6.45, 7) is 7.32. The summed E-state index contributed by atoms with van der Waals surface area (Å²) in [6.07, 6.45) is 0.235. The Balaban J connectivity index is 0.00000162. The lowest BCUT2D eigenvalue weighted by molar-refractivity contribution is 0.172. The van der Waals surface area contributed by atoms with Gasteiger partial charge in [0.2, 0.25) is 0 Å². The molecule has 18 heavy (non-hydrogen) atoms. The van der Waals surface area contributed by atoms with Crippen LogP contribution in [0.4, 0.5) is 0 Å². The Labute approximate surface area is 116 Å². The number of halogens is 1. The number of nitrogens with zero attached hydrogens (tertiary/aromatic N) is 1. The van der Waals surface area contributed by atoms with Gasteiger partial charge in [-0.25, -0.2) is 0 Å². The fraction of sp³-hybridized carbons (Fsp3) is 0.571. The second kappa shape index (κ2) is 6.98. The molecule has 1 N–H and O–H groups in total. The highest BCUT2D eigenvalue weighted by molar-refractivity contribution is 5.85. The van der Waals surface area contributed by atoms with Gasteiger partial charge in [-0.3, -0.25) is 4.90 Å². The normalized spacial score (nSPS) is 15.4. The Morgan fingerprint density at radius 3 is 2.67 bits per heavy atom. The molecule has 1 aliphatic rings. The predicted molar refractivity (Wildman–Crippen MR) is 77.6 cm³/mol. The number of hydrogen-bond donors (Lipinski definition) is 1. The lowest BCUT2D eigenvalue weighted by atomic mass is 10.1. The quantitative estimate of drug-likeness (QED) is 0.889. The van der Waals surface area contributed by atoms with Crippen LogP contribution in [0.25, 0.3) is 0 Å². The van der Waals surface area contributed by atoms with Crippen LogP contribution in [0.3, 0.4) is 0 Å². The average Bonchev–Trinajstić information content (AvgIpc) is 2.13. The smallest absolute Gasteiger partial charge is 0.120 e. The third-order valence-corrected chi connectivity index (χ3v) is 3.09. The Kier molecular flexibility index (Phi) is 5.93. The summed E-state index contributed by atoms with van der Waals surface area (Å²) >= 11 is 0. The van der Waals surface area contributed by atoms with Gasteiger partial charge in [-0.15, -0.1) is 12.4 Å². The fourth-order valence-electron chi connectivity index (χ4n) is 1.99. The van der Waals surface area contributed by atoms with Gasteiger partial charge in [0, 0.05) is 25.7 Å². The molecule has 1 aromatic rings. The molecule has 1 saturated heterocycles. The maximum atomic E-state index is 5.71. The van der Waals surface area contributed by atoms with Gasteiger partial charge in [0.05, 0.1) is 6.10 Å². The van der Waals surface area contributed by atoms with Gasteiger partial charge in [0.1, 0.15) is 5.75 Å². The first kappa shape index (κ1) is 15.3. The summed E-state index contributed by atoms with van der Waals surface area (Å²) < 4.78 is 5.71. The van der Waals surface area contributed by atoms with Crippen LogP contribution < -0.4 is 10.1 Å². The van der Waals surface area contributed by atoms with E-state index in [0.29, 0.717) is 6.04 Å². The van der Waals surface area contributed by atoms with Crippen molar-refractivity contribution in [2.24, 2.45) is 0 Å². The molecule has 0 aliphatic carbocycles. The van der Waals surface area contributed by atoms with Crippen molar-refractivity contribution < 1.29 is 4.74 Å². The van der Waals surface area contributed by atoms with Crippen LogP contribution in [0.1, 0.15) is 19.4 Å². The van der Waals surface area contributed by atoms with Gasteiger partial charge in [-0.2, -0.15) is 0 Å². The van der Waals surface area contributed by atoms with Crippen molar-refractivity contribution in [3.63, 3.8) is 0 Å². The Hall–Kier alpha value is -0.770. The van der Waals surface area contributed by atoms with Gasteiger partial charge in [0.25, 0.3) is 0 Å². The van der Waals surface area contributed by atoms with Crippen LogP contribution in [0.5, 0.6) is 5.75 Å². The van der Waals surface area contributed by atoms with Crippen LogP contribution in [0.15, 0.2) is 24.3 Å². The van der Waals surface area contributed by atoms with E-state index < -0.39 is 0 Å². The van der Waals surface area contributed by atoms with E-state index >= 15 is 0 Å². The van der Waals surface area contributed by atoms with E-state index in [1.807, 2.05) is 6.07 Å². The molecule has 1 aliphatic heterocycles. The molecule has 2 rings (SSSR count). The lowest BCUT2D eigenvalue weighted by Crippen LogP contribution is -2.55. The van der Waals surface area contributed by atoms with E-state index in [4.69, 9.17) is 4.74 Å². The van der Waals surface area contributed by atoms with Crippen LogP contribution in [0, 0.1) is 0 Å². The van der Waals surface area contributed by atoms with E-state index in [-0.39, 0.29) is 18.5 Å². The molecule has 0 bridgehead atoms. The maximum absolute atomic E-state index is 5.71. The van der Waals surface area contributed by atoms with E-state index in [0.717, 1.165) is 25.4 Å². The minimum absolute atomic E-state index is 0. The van der Waals surface area contributed by atoms with Gasteiger partial charge in [0.15, 0.2) is 0 Å². The number of likely N-dealkylation sites (N-methyl/N-ethyl adjacent to an activating group) is 1. The SMILES string of the molecule is CC(C)Oc1cccc(CN(C)C2CNC2)c1.Cl. The zero-order valence-corrected chi connectivity index (χ0v) is 12.2. The van der Waals surface area contributed by atoms with E-state index in [1.54, 1.807) is 0 Å². The first-order valence-corrected chi connectivity index (χ1v) is 6.31. The van der Waals surface area contributed by atoms with Gasteiger partial charge in [-0.1, -0.05) is 12.1 Å². The molecule has 1 aromatic carbocycles. The molecular formula is C14H23ClN2O. The van der Waals surface area contributed by atoms with Gasteiger partial charge in [-0.05, 0) is 38.6 Å². The average molecular weight is 271 g/mol. The van der Waals surface area contributed by atoms with Crippen LogP contribution in [-0.2, 0) is 6.54 Å². The first-order valence-electron chi connectivity index (χ1n) is 6.31. The van der Waals surface area contributed by atoms with Crippen LogP contribution >= 0.6 is 12.4 Å². The molecule has 0 amide bonds. The van der Waals surface area contributed by atoms with Gasteiger partial charge < -0.3 is 10.1 Å². The van der Waals surface area contributed by atoms with Crippen molar-refractivity contribution in [3.8, 4) is 5.75 Å². The molecular weight excluding hydrogens is 248 g/mol. The lowest BCUT2D eigenvalue weighted by Gasteiger charge is -2.35. The second-order valence-electron chi connectivity index (χ2n) is 5.04. The highest BCUT2D eigenvalue weighted by atomic mass is 35.5. The Morgan fingerprint density at radius 2 is 2.11 bits per heavy atom. The van der Waals surface area contributed by atoms with Crippen molar-refractivity contribution in [1.82, 2.24) is 10.2 Å². The number of hydrogen-bond acceptors (Lipinski definition) is 3. The van der Waals surface area contributed by atoms with Crippen molar-refractivity contribution in [3.05, 3.63) is 29.8 Å². The van der Waals surface area contributed by atoms with Crippen molar-refractivity contribution >= 4 is 12.4 Å². The molecule has 1 fully saturated rings. The molecule has 0 radical (unpaired) electrons. The van der Waals surface area contributed by atoms with Crippen molar-refractivity contribution in [1.29, 1.82) is 0 Å². The van der Waals surface area contributed by atoms with Crippen molar-refractivity contribution in [2.45, 2.75) is 32.5 Å². The number of ether oxygens (including phenoxy) is 1. The van der Waals surface area contributed by atoms with Crippen LogP contribution in [-0.4, -0.2) is 37.2 Å². The third-order valence-electron chi connectivity index (χ3n) is 3.09. The fourth-order valence-corrected chi connectivity index (χ4v) is 1.99. The Morgan fingerprint density at radius 1 is 1.39 bits per heavy atom. The molecule has 102 valence electrons.